The first kappa shape index (κ1) is 8.63. The lowest BCUT2D eigenvalue weighted by Crippen LogP contribution is -1.67. The van der Waals surface area contributed by atoms with Gasteiger partial charge in [-0.25, -0.2) is 8.88 Å². The Labute approximate surface area is 50.5 Å². The van der Waals surface area contributed by atoms with Gasteiger partial charge in [0.05, 0.1) is 0 Å². The van der Waals surface area contributed by atoms with E-state index in [1.165, 1.54) is 0 Å². The third kappa shape index (κ3) is 6.63. The number of hydrogen-bond acceptors (Lipinski definition) is 3. The summed E-state index contributed by atoms with van der Waals surface area (Å²) in [6.45, 7) is -4.27. The number of rotatable bonds is 2. The first-order valence-corrected chi connectivity index (χ1v) is 5.11. The first-order valence-electron chi connectivity index (χ1n) is 1.37. The van der Waals surface area contributed by atoms with Gasteiger partial charge in [-0.05, 0) is 0 Å². The Morgan fingerprint density at radius 1 is 1.75 bits per heavy atom. The monoisotopic (exact) mass is 180 g/mol. The molecule has 0 aromatic heterocycles. The van der Waals surface area contributed by atoms with Crippen molar-refractivity contribution in [3.8, 4) is 0 Å². The van der Waals surface area contributed by atoms with E-state index < -0.39 is 15.2 Å². The van der Waals surface area contributed by atoms with Gasteiger partial charge < -0.3 is 9.79 Å². The van der Waals surface area contributed by atoms with Crippen molar-refractivity contribution < 1.29 is 23.2 Å². The van der Waals surface area contributed by atoms with Crippen molar-refractivity contribution in [3.05, 3.63) is 0 Å². The number of halogens is 1. The zero-order valence-corrected chi connectivity index (χ0v) is 6.09. The molecule has 0 fully saturated rings. The Hall–Kier alpha value is 0.630. The summed E-state index contributed by atoms with van der Waals surface area (Å²) in [6, 6.07) is 0. The molecule has 0 aliphatic carbocycles. The summed E-state index contributed by atoms with van der Waals surface area (Å²) in [5, 5.41) is 0. The highest BCUT2D eigenvalue weighted by Crippen LogP contribution is 2.53. The first-order chi connectivity index (χ1) is 3.42. The fourth-order valence-electron chi connectivity index (χ4n) is 0.0963. The lowest BCUT2D eigenvalue weighted by atomic mass is 15.8. The Balaban J connectivity index is 3.74. The summed E-state index contributed by atoms with van der Waals surface area (Å²) < 4.78 is 22.8. The molecule has 0 aliphatic rings. The van der Waals surface area contributed by atoms with Gasteiger partial charge >= 0.3 is 15.2 Å². The van der Waals surface area contributed by atoms with Crippen LogP contribution in [0.5, 0.6) is 0 Å². The van der Waals surface area contributed by atoms with Gasteiger partial charge in [0, 0.05) is 11.2 Å². The standard InChI is InChI=1S/ClH3O5P2/c1-8(4,5)6-7(2)3/h7H,(H,2,3)(H,4,5). The molecular formula is H3ClO5P2. The predicted octanol–water partition coefficient (Wildman–Crippen LogP) is 0.724. The minimum Gasteiger partial charge on any atom is -0.326 e. The molecule has 0 heterocycles. The Morgan fingerprint density at radius 3 is 2.12 bits per heavy atom. The molecule has 5 nitrogen and oxygen atoms in total. The number of hydrogen-bond donors (Lipinski definition) is 2. The van der Waals surface area contributed by atoms with Crippen molar-refractivity contribution in [1.29, 1.82) is 0 Å². The Bertz CT molecular complexity index is 133. The average molecular weight is 180 g/mol. The molecule has 0 radical (unpaired) electrons. The van der Waals surface area contributed by atoms with Crippen molar-refractivity contribution in [1.82, 2.24) is 0 Å². The summed E-state index contributed by atoms with van der Waals surface area (Å²) in [6.07, 6.45) is 0. The Morgan fingerprint density at radius 2 is 2.12 bits per heavy atom. The van der Waals surface area contributed by atoms with Crippen LogP contribution in [-0.4, -0.2) is 9.79 Å². The minimum absolute atomic E-state index is 3.39. The highest BCUT2D eigenvalue weighted by molar-refractivity contribution is 7.83. The second-order valence-electron chi connectivity index (χ2n) is 0.809. The van der Waals surface area contributed by atoms with E-state index in [1.807, 2.05) is 0 Å². The van der Waals surface area contributed by atoms with Crippen molar-refractivity contribution in [3.63, 3.8) is 0 Å². The van der Waals surface area contributed by atoms with Crippen LogP contribution in [0.1, 0.15) is 0 Å². The van der Waals surface area contributed by atoms with Gasteiger partial charge in [0.25, 0.3) is 0 Å². The predicted molar refractivity (Wildman–Crippen MR) is 28.0 cm³/mol. The molecule has 0 saturated heterocycles. The topological polar surface area (TPSA) is 83.8 Å². The summed E-state index contributed by atoms with van der Waals surface area (Å²) in [4.78, 5) is 15.7. The van der Waals surface area contributed by atoms with E-state index >= 15 is 0 Å². The molecule has 0 saturated carbocycles. The lowest BCUT2D eigenvalue weighted by Gasteiger charge is -1.96. The molecule has 0 rings (SSSR count). The molecule has 0 aliphatic heterocycles. The molecule has 0 bridgehead atoms. The van der Waals surface area contributed by atoms with Crippen molar-refractivity contribution in [2.24, 2.45) is 0 Å². The fraction of sp³-hybridized carbons (Fsp3) is 0. The lowest BCUT2D eigenvalue weighted by molar-refractivity contribution is 0.365. The zero-order valence-electron chi connectivity index (χ0n) is 3.44. The van der Waals surface area contributed by atoms with Crippen LogP contribution in [0, 0.1) is 0 Å². The summed E-state index contributed by atoms with van der Waals surface area (Å²) in [5.74, 6) is 0. The van der Waals surface area contributed by atoms with Crippen LogP contribution >= 0.6 is 26.4 Å². The van der Waals surface area contributed by atoms with E-state index in [2.05, 4.69) is 15.6 Å². The van der Waals surface area contributed by atoms with Crippen LogP contribution < -0.4 is 0 Å². The van der Waals surface area contributed by atoms with Crippen molar-refractivity contribution in [2.75, 3.05) is 0 Å². The van der Waals surface area contributed by atoms with Gasteiger partial charge in [0.1, 0.15) is 0 Å². The van der Waals surface area contributed by atoms with Gasteiger partial charge in [-0.2, -0.15) is 0 Å². The minimum atomic E-state index is -4.27. The van der Waals surface area contributed by atoms with Crippen LogP contribution in [-0.2, 0) is 13.4 Å². The van der Waals surface area contributed by atoms with Gasteiger partial charge in [0.2, 0.25) is 0 Å². The van der Waals surface area contributed by atoms with Gasteiger partial charge in [-0.1, -0.05) is 0 Å². The molecule has 2 N–H and O–H groups in total. The van der Waals surface area contributed by atoms with Crippen molar-refractivity contribution >= 4 is 26.4 Å². The Kier molecular flexibility index (Phi) is 3.20. The largest absolute Gasteiger partial charge is 0.428 e. The van der Waals surface area contributed by atoms with E-state index in [-0.39, 0.29) is 0 Å². The summed E-state index contributed by atoms with van der Waals surface area (Å²) in [5.41, 5.74) is 0. The smallest absolute Gasteiger partial charge is 0.326 e. The van der Waals surface area contributed by atoms with E-state index in [0.717, 1.165) is 0 Å². The maximum atomic E-state index is 9.79. The average Bonchev–Trinajstić information content (AvgIpc) is 1.21. The van der Waals surface area contributed by atoms with Crippen LogP contribution in [0.4, 0.5) is 0 Å². The molecule has 0 aromatic rings. The highest BCUT2D eigenvalue weighted by atomic mass is 35.7. The summed E-state index contributed by atoms with van der Waals surface area (Å²) in [7, 11) is -3.39. The molecule has 8 heteroatoms. The van der Waals surface area contributed by atoms with Gasteiger partial charge in [0.15, 0.2) is 0 Å². The molecule has 50 valence electrons. The van der Waals surface area contributed by atoms with Gasteiger partial charge in [-0.15, -0.1) is 0 Å². The molecule has 8 heavy (non-hydrogen) atoms. The quantitative estimate of drug-likeness (QED) is 0.612. The molecular weight excluding hydrogens is 177 g/mol. The third-order valence-electron chi connectivity index (χ3n) is 0.191. The molecule has 0 spiro atoms. The van der Waals surface area contributed by atoms with Crippen LogP contribution in [0.2, 0.25) is 0 Å². The van der Waals surface area contributed by atoms with Gasteiger partial charge in [-0.3, -0.25) is 4.57 Å². The molecule has 2 unspecified atom stereocenters. The molecule has 0 amide bonds. The van der Waals surface area contributed by atoms with Crippen LogP contribution in [0.25, 0.3) is 0 Å². The van der Waals surface area contributed by atoms with E-state index in [1.54, 1.807) is 0 Å². The third-order valence-corrected chi connectivity index (χ3v) is 2.34. The van der Waals surface area contributed by atoms with Crippen LogP contribution in [0.3, 0.4) is 0 Å². The van der Waals surface area contributed by atoms with E-state index in [4.69, 9.17) is 9.79 Å². The maximum absolute atomic E-state index is 9.79. The maximum Gasteiger partial charge on any atom is 0.428 e. The zero-order chi connectivity index (χ0) is 6.78. The SMILES string of the molecule is O=[PH](O)OP(=O)(O)Cl. The highest BCUT2D eigenvalue weighted by Gasteiger charge is 2.16. The molecule has 2 atom stereocenters. The fourth-order valence-corrected chi connectivity index (χ4v) is 1.40. The second kappa shape index (κ2) is 2.97. The van der Waals surface area contributed by atoms with Crippen molar-refractivity contribution in [2.45, 2.75) is 0 Å². The van der Waals surface area contributed by atoms with Crippen LogP contribution in [0.15, 0.2) is 0 Å². The summed E-state index contributed by atoms with van der Waals surface area (Å²) >= 11 is 4.48. The second-order valence-corrected chi connectivity index (χ2v) is 4.26. The van der Waals surface area contributed by atoms with E-state index in [9.17, 15) is 9.13 Å². The molecule has 0 aromatic carbocycles. The normalized spacial score (nSPS) is 21.9. The van der Waals surface area contributed by atoms with E-state index in [0.29, 0.717) is 0 Å².